The van der Waals surface area contributed by atoms with E-state index >= 15 is 0 Å². The second-order valence-corrected chi connectivity index (χ2v) is 9.62. The number of benzene rings is 1. The lowest BCUT2D eigenvalue weighted by Crippen LogP contribution is -2.39. The smallest absolute Gasteiger partial charge is 0.251 e. The minimum absolute atomic E-state index is 0.178. The molecule has 0 aromatic heterocycles. The molecule has 2 heterocycles. The van der Waals surface area contributed by atoms with Crippen LogP contribution in [0.15, 0.2) is 29.2 Å². The average molecular weight is 378 g/mol. The van der Waals surface area contributed by atoms with Crippen molar-refractivity contribution < 1.29 is 13.2 Å². The van der Waals surface area contributed by atoms with Crippen molar-refractivity contribution in [1.82, 2.24) is 14.5 Å². The lowest BCUT2D eigenvalue weighted by Gasteiger charge is -2.26. The van der Waals surface area contributed by atoms with E-state index < -0.39 is 10.0 Å². The van der Waals surface area contributed by atoms with Crippen molar-refractivity contribution in [2.45, 2.75) is 55.5 Å². The van der Waals surface area contributed by atoms with Gasteiger partial charge in [-0.1, -0.05) is 6.07 Å². The van der Waals surface area contributed by atoms with Crippen LogP contribution in [0, 0.1) is 0 Å². The van der Waals surface area contributed by atoms with E-state index in [9.17, 15) is 13.2 Å². The molecule has 0 radical (unpaired) electrons. The molecule has 6 nitrogen and oxygen atoms in total. The molecule has 0 spiro atoms. The van der Waals surface area contributed by atoms with E-state index in [1.54, 1.807) is 22.5 Å². The Morgan fingerprint density at radius 1 is 1.04 bits per heavy atom. The number of hydrogen-bond donors (Lipinski definition) is 1. The molecular weight excluding hydrogens is 350 g/mol. The van der Waals surface area contributed by atoms with E-state index in [-0.39, 0.29) is 16.8 Å². The number of nitrogens with one attached hydrogen (secondary N) is 1. The molecule has 7 heteroatoms. The molecule has 1 aromatic rings. The zero-order valence-electron chi connectivity index (χ0n) is 15.1. The van der Waals surface area contributed by atoms with Crippen LogP contribution in [0.25, 0.3) is 0 Å². The number of hydrogen-bond acceptors (Lipinski definition) is 4. The molecule has 1 atom stereocenters. The van der Waals surface area contributed by atoms with Crippen LogP contribution in [0.1, 0.15) is 48.9 Å². The van der Waals surface area contributed by atoms with Gasteiger partial charge in [-0.25, -0.2) is 8.42 Å². The second-order valence-electron chi connectivity index (χ2n) is 7.68. The van der Waals surface area contributed by atoms with Crippen molar-refractivity contribution >= 4 is 15.9 Å². The van der Waals surface area contributed by atoms with Gasteiger partial charge in [-0.15, -0.1) is 0 Å². The van der Waals surface area contributed by atoms with Gasteiger partial charge in [0.05, 0.1) is 4.90 Å². The van der Waals surface area contributed by atoms with Gasteiger partial charge in [-0.2, -0.15) is 4.31 Å². The molecule has 2 saturated heterocycles. The van der Waals surface area contributed by atoms with Crippen LogP contribution in [-0.2, 0) is 10.0 Å². The fourth-order valence-corrected chi connectivity index (χ4v) is 5.64. The molecule has 0 unspecified atom stereocenters. The van der Waals surface area contributed by atoms with Gasteiger partial charge in [-0.05, 0) is 69.8 Å². The van der Waals surface area contributed by atoms with Crippen molar-refractivity contribution in [3.8, 4) is 0 Å². The molecule has 1 saturated carbocycles. The molecule has 2 aliphatic heterocycles. The molecular formula is C19H27N3O3S. The molecule has 142 valence electrons. The normalized spacial score (nSPS) is 25.3. The zero-order chi connectivity index (χ0) is 18.1. The third kappa shape index (κ3) is 3.52. The molecule has 1 N–H and O–H groups in total. The number of sulfonamides is 1. The summed E-state index contributed by atoms with van der Waals surface area (Å²) >= 11 is 0. The topological polar surface area (TPSA) is 69.7 Å². The fraction of sp³-hybridized carbons (Fsp3) is 0.632. The average Bonchev–Trinajstić information content (AvgIpc) is 3.29. The maximum absolute atomic E-state index is 13.0. The summed E-state index contributed by atoms with van der Waals surface area (Å²) in [6.07, 6.45) is 6.47. The van der Waals surface area contributed by atoms with Crippen LogP contribution >= 0.6 is 0 Å². The van der Waals surface area contributed by atoms with Gasteiger partial charge < -0.3 is 5.32 Å². The highest BCUT2D eigenvalue weighted by atomic mass is 32.2. The second kappa shape index (κ2) is 7.29. The predicted octanol–water partition coefficient (Wildman–Crippen LogP) is 1.83. The first-order valence-corrected chi connectivity index (χ1v) is 11.1. The first kappa shape index (κ1) is 17.9. The highest BCUT2D eigenvalue weighted by molar-refractivity contribution is 7.89. The van der Waals surface area contributed by atoms with E-state index in [4.69, 9.17) is 0 Å². The molecule has 4 rings (SSSR count). The largest absolute Gasteiger partial charge is 0.349 e. The van der Waals surface area contributed by atoms with Gasteiger partial charge in [0, 0.05) is 30.7 Å². The van der Waals surface area contributed by atoms with Gasteiger partial charge in [0.2, 0.25) is 10.0 Å². The highest BCUT2D eigenvalue weighted by Crippen LogP contribution is 2.26. The molecule has 1 amide bonds. The van der Waals surface area contributed by atoms with Gasteiger partial charge in [0.1, 0.15) is 0 Å². The van der Waals surface area contributed by atoms with E-state index in [0.29, 0.717) is 24.7 Å². The summed E-state index contributed by atoms with van der Waals surface area (Å²) in [6.45, 7) is 3.27. The SMILES string of the molecule is O=C(NC1CCC1)c1cccc(S(=O)(=O)N2CC[C@@H](N3CCCC3)C2)c1. The van der Waals surface area contributed by atoms with Crippen molar-refractivity contribution in [3.05, 3.63) is 29.8 Å². The molecule has 3 aliphatic rings. The van der Waals surface area contributed by atoms with Gasteiger partial charge in [-0.3, -0.25) is 9.69 Å². The standard InChI is InChI=1S/C19H27N3O3S/c23-19(20-16-6-4-7-16)15-5-3-8-18(13-15)26(24,25)22-12-9-17(14-22)21-10-1-2-11-21/h3,5,8,13,16-17H,1-2,4,6-7,9-12,14H2,(H,20,23)/t17-/m1/s1. The number of amides is 1. The summed E-state index contributed by atoms with van der Waals surface area (Å²) in [6, 6.07) is 7.03. The number of carbonyl (C=O) groups excluding carboxylic acids is 1. The van der Waals surface area contributed by atoms with E-state index in [1.807, 2.05) is 0 Å². The van der Waals surface area contributed by atoms with Gasteiger partial charge in [0.15, 0.2) is 0 Å². The monoisotopic (exact) mass is 377 g/mol. The third-order valence-corrected chi connectivity index (χ3v) is 7.82. The lowest BCUT2D eigenvalue weighted by molar-refractivity contribution is 0.0916. The van der Waals surface area contributed by atoms with E-state index in [2.05, 4.69) is 10.2 Å². The molecule has 26 heavy (non-hydrogen) atoms. The Morgan fingerprint density at radius 3 is 2.50 bits per heavy atom. The Balaban J connectivity index is 1.47. The quantitative estimate of drug-likeness (QED) is 0.850. The summed E-state index contributed by atoms with van der Waals surface area (Å²) in [5, 5.41) is 2.97. The van der Waals surface area contributed by atoms with Crippen molar-refractivity contribution in [3.63, 3.8) is 0 Å². The maximum atomic E-state index is 13.0. The Bertz CT molecular complexity index is 770. The Hall–Kier alpha value is -1.44. The third-order valence-electron chi connectivity index (χ3n) is 5.96. The minimum Gasteiger partial charge on any atom is -0.349 e. The summed E-state index contributed by atoms with van der Waals surface area (Å²) in [4.78, 5) is 15.0. The van der Waals surface area contributed by atoms with Crippen LogP contribution in [0.3, 0.4) is 0 Å². The van der Waals surface area contributed by atoms with Crippen LogP contribution in [0.5, 0.6) is 0 Å². The predicted molar refractivity (Wildman–Crippen MR) is 99.5 cm³/mol. The first-order chi connectivity index (χ1) is 12.5. The Kier molecular flexibility index (Phi) is 5.03. The van der Waals surface area contributed by atoms with Crippen LogP contribution in [0.4, 0.5) is 0 Å². The van der Waals surface area contributed by atoms with Gasteiger partial charge in [0.25, 0.3) is 5.91 Å². The lowest BCUT2D eigenvalue weighted by atomic mass is 9.93. The molecule has 3 fully saturated rings. The zero-order valence-corrected chi connectivity index (χ0v) is 15.9. The summed E-state index contributed by atoms with van der Waals surface area (Å²) < 4.78 is 27.7. The number of likely N-dealkylation sites (tertiary alicyclic amines) is 1. The Labute approximate surface area is 155 Å². The molecule has 0 bridgehead atoms. The van der Waals surface area contributed by atoms with Crippen molar-refractivity contribution in [2.75, 3.05) is 26.2 Å². The molecule has 1 aliphatic carbocycles. The number of nitrogens with zero attached hydrogens (tertiary/aromatic N) is 2. The van der Waals surface area contributed by atoms with Gasteiger partial charge >= 0.3 is 0 Å². The maximum Gasteiger partial charge on any atom is 0.251 e. The first-order valence-electron chi connectivity index (χ1n) is 9.69. The number of carbonyl (C=O) groups is 1. The van der Waals surface area contributed by atoms with E-state index in [0.717, 1.165) is 38.8 Å². The van der Waals surface area contributed by atoms with Crippen LogP contribution < -0.4 is 5.32 Å². The van der Waals surface area contributed by atoms with Crippen molar-refractivity contribution in [2.24, 2.45) is 0 Å². The van der Waals surface area contributed by atoms with E-state index in [1.165, 1.54) is 18.9 Å². The Morgan fingerprint density at radius 2 is 1.81 bits per heavy atom. The van der Waals surface area contributed by atoms with Crippen molar-refractivity contribution in [1.29, 1.82) is 0 Å². The summed E-state index contributed by atoms with van der Waals surface area (Å²) in [5.74, 6) is -0.178. The molecule has 1 aromatic carbocycles. The fourth-order valence-electron chi connectivity index (χ4n) is 4.10. The highest BCUT2D eigenvalue weighted by Gasteiger charge is 2.36. The summed E-state index contributed by atoms with van der Waals surface area (Å²) in [7, 11) is -3.55. The van der Waals surface area contributed by atoms with Crippen LogP contribution in [-0.4, -0.2) is 61.8 Å². The number of rotatable bonds is 5. The van der Waals surface area contributed by atoms with Crippen LogP contribution in [0.2, 0.25) is 0 Å². The summed E-state index contributed by atoms with van der Waals surface area (Å²) in [5.41, 5.74) is 0.424. The minimum atomic E-state index is -3.55.